The Morgan fingerprint density at radius 1 is 1.10 bits per heavy atom. The largest absolute Gasteiger partial charge is 0.489 e. The minimum atomic E-state index is -0.741. The molecule has 110 valence electrons. The highest BCUT2D eigenvalue weighted by Crippen LogP contribution is 2.21. The first-order valence-electron chi connectivity index (χ1n) is 7.13. The molecule has 2 rings (SSSR count). The number of rotatable bonds is 7. The van der Waals surface area contributed by atoms with Crippen LogP contribution in [0.5, 0.6) is 5.75 Å². The quantitative estimate of drug-likeness (QED) is 0.836. The second-order valence-electron chi connectivity index (χ2n) is 5.12. The van der Waals surface area contributed by atoms with Crippen molar-refractivity contribution in [3.8, 4) is 5.75 Å². The third kappa shape index (κ3) is 4.95. The summed E-state index contributed by atoms with van der Waals surface area (Å²) < 4.78 is 5.83. The van der Waals surface area contributed by atoms with E-state index in [2.05, 4.69) is 6.07 Å². The van der Waals surface area contributed by atoms with Gasteiger partial charge in [-0.15, -0.1) is 0 Å². The lowest BCUT2D eigenvalue weighted by molar-refractivity contribution is -0.137. The normalized spacial score (nSPS) is 10.3. The molecule has 1 N–H and O–H groups in total. The van der Waals surface area contributed by atoms with E-state index in [9.17, 15) is 4.79 Å². The van der Waals surface area contributed by atoms with Crippen LogP contribution in [0.2, 0.25) is 0 Å². The van der Waals surface area contributed by atoms with Crippen molar-refractivity contribution in [3.63, 3.8) is 0 Å². The van der Waals surface area contributed by atoms with E-state index in [1.165, 1.54) is 0 Å². The van der Waals surface area contributed by atoms with Crippen LogP contribution in [0.25, 0.3) is 0 Å². The predicted octanol–water partition coefficient (Wildman–Crippen LogP) is 3.98. The SMILES string of the molecule is Cc1cc(CCCC(=O)O)ccc1OCc1ccccc1. The summed E-state index contributed by atoms with van der Waals surface area (Å²) in [6.45, 7) is 2.57. The summed E-state index contributed by atoms with van der Waals surface area (Å²) in [6, 6.07) is 16.1. The Bertz CT molecular complexity index is 591. The summed E-state index contributed by atoms with van der Waals surface area (Å²) in [5.41, 5.74) is 3.38. The highest BCUT2D eigenvalue weighted by molar-refractivity contribution is 5.66. The van der Waals surface area contributed by atoms with Gasteiger partial charge in [-0.05, 0) is 42.5 Å². The van der Waals surface area contributed by atoms with Gasteiger partial charge in [0.1, 0.15) is 12.4 Å². The molecule has 0 aliphatic carbocycles. The number of aliphatic carboxylic acids is 1. The molecule has 2 aromatic carbocycles. The fraction of sp³-hybridized carbons (Fsp3) is 0.278. The first-order valence-corrected chi connectivity index (χ1v) is 7.13. The molecular weight excluding hydrogens is 264 g/mol. The Morgan fingerprint density at radius 2 is 1.86 bits per heavy atom. The van der Waals surface area contributed by atoms with Crippen molar-refractivity contribution in [2.24, 2.45) is 0 Å². The zero-order valence-electron chi connectivity index (χ0n) is 12.2. The maximum absolute atomic E-state index is 10.5. The van der Waals surface area contributed by atoms with Crippen molar-refractivity contribution in [2.45, 2.75) is 32.8 Å². The van der Waals surface area contributed by atoms with Crippen LogP contribution in [-0.4, -0.2) is 11.1 Å². The van der Waals surface area contributed by atoms with Crippen LogP contribution in [0.1, 0.15) is 29.5 Å². The first kappa shape index (κ1) is 15.1. The van der Waals surface area contributed by atoms with Crippen molar-refractivity contribution >= 4 is 5.97 Å². The number of benzene rings is 2. The molecule has 0 saturated heterocycles. The standard InChI is InChI=1S/C18H20O3/c1-14-12-15(8-5-9-18(19)20)10-11-17(14)21-13-16-6-3-2-4-7-16/h2-4,6-7,10-12H,5,8-9,13H2,1H3,(H,19,20). The van der Waals surface area contributed by atoms with Crippen LogP contribution >= 0.6 is 0 Å². The third-order valence-electron chi connectivity index (χ3n) is 3.33. The van der Waals surface area contributed by atoms with Gasteiger partial charge in [0.2, 0.25) is 0 Å². The average molecular weight is 284 g/mol. The molecule has 0 atom stereocenters. The summed E-state index contributed by atoms with van der Waals surface area (Å²) in [4.78, 5) is 10.5. The van der Waals surface area contributed by atoms with Gasteiger partial charge in [0, 0.05) is 6.42 Å². The number of carbonyl (C=O) groups is 1. The molecule has 0 fully saturated rings. The van der Waals surface area contributed by atoms with E-state index < -0.39 is 5.97 Å². The molecule has 0 aliphatic rings. The Kier molecular flexibility index (Phi) is 5.38. The summed E-state index contributed by atoms with van der Waals surface area (Å²) >= 11 is 0. The molecule has 2 aromatic rings. The molecule has 0 aromatic heterocycles. The Morgan fingerprint density at radius 3 is 2.52 bits per heavy atom. The monoisotopic (exact) mass is 284 g/mol. The van der Waals surface area contributed by atoms with E-state index in [0.29, 0.717) is 13.0 Å². The van der Waals surface area contributed by atoms with Crippen molar-refractivity contribution in [2.75, 3.05) is 0 Å². The Balaban J connectivity index is 1.91. The molecule has 3 nitrogen and oxygen atoms in total. The number of carboxylic acid groups (broad SMARTS) is 1. The lowest BCUT2D eigenvalue weighted by atomic mass is 10.1. The van der Waals surface area contributed by atoms with Crippen LogP contribution in [0, 0.1) is 6.92 Å². The predicted molar refractivity (Wildman–Crippen MR) is 82.5 cm³/mol. The Hall–Kier alpha value is -2.29. The van der Waals surface area contributed by atoms with E-state index in [4.69, 9.17) is 9.84 Å². The number of ether oxygens (including phenoxy) is 1. The summed E-state index contributed by atoms with van der Waals surface area (Å²) in [5.74, 6) is 0.135. The van der Waals surface area contributed by atoms with E-state index >= 15 is 0 Å². The number of aryl methyl sites for hydroxylation is 2. The van der Waals surface area contributed by atoms with Crippen molar-refractivity contribution in [1.29, 1.82) is 0 Å². The molecule has 3 heteroatoms. The van der Waals surface area contributed by atoms with Gasteiger partial charge in [-0.25, -0.2) is 0 Å². The zero-order valence-corrected chi connectivity index (χ0v) is 12.2. The van der Waals surface area contributed by atoms with Gasteiger partial charge in [0.05, 0.1) is 0 Å². The molecule has 0 spiro atoms. The van der Waals surface area contributed by atoms with Gasteiger partial charge >= 0.3 is 5.97 Å². The second kappa shape index (κ2) is 7.48. The molecule has 0 aliphatic heterocycles. The number of hydrogen-bond donors (Lipinski definition) is 1. The van der Waals surface area contributed by atoms with E-state index in [-0.39, 0.29) is 6.42 Å². The van der Waals surface area contributed by atoms with Gasteiger partial charge in [-0.3, -0.25) is 4.79 Å². The molecule has 0 saturated carbocycles. The lowest BCUT2D eigenvalue weighted by Crippen LogP contribution is -1.99. The minimum absolute atomic E-state index is 0.214. The Labute approximate surface area is 125 Å². The summed E-state index contributed by atoms with van der Waals surface area (Å²) in [5, 5.41) is 8.65. The minimum Gasteiger partial charge on any atom is -0.489 e. The number of hydrogen-bond acceptors (Lipinski definition) is 2. The number of carboxylic acids is 1. The van der Waals surface area contributed by atoms with Gasteiger partial charge in [-0.2, -0.15) is 0 Å². The highest BCUT2D eigenvalue weighted by atomic mass is 16.5. The van der Waals surface area contributed by atoms with Crippen LogP contribution in [0.3, 0.4) is 0 Å². The fourth-order valence-electron chi connectivity index (χ4n) is 2.21. The van der Waals surface area contributed by atoms with Crippen LogP contribution in [-0.2, 0) is 17.8 Å². The van der Waals surface area contributed by atoms with Crippen molar-refractivity contribution < 1.29 is 14.6 Å². The average Bonchev–Trinajstić information content (AvgIpc) is 2.47. The van der Waals surface area contributed by atoms with Gasteiger partial charge in [-0.1, -0.05) is 42.5 Å². The first-order chi connectivity index (χ1) is 10.1. The highest BCUT2D eigenvalue weighted by Gasteiger charge is 2.03. The summed E-state index contributed by atoms with van der Waals surface area (Å²) in [7, 11) is 0. The van der Waals surface area contributed by atoms with E-state index in [1.807, 2.05) is 49.4 Å². The van der Waals surface area contributed by atoms with Gasteiger partial charge in [0.15, 0.2) is 0 Å². The third-order valence-corrected chi connectivity index (χ3v) is 3.33. The van der Waals surface area contributed by atoms with Crippen molar-refractivity contribution in [1.82, 2.24) is 0 Å². The topological polar surface area (TPSA) is 46.5 Å². The molecule has 0 bridgehead atoms. The molecule has 0 unspecified atom stereocenters. The van der Waals surface area contributed by atoms with Gasteiger partial charge in [0.25, 0.3) is 0 Å². The zero-order chi connectivity index (χ0) is 15.1. The van der Waals surface area contributed by atoms with Crippen LogP contribution in [0.15, 0.2) is 48.5 Å². The molecule has 0 radical (unpaired) electrons. The molecule has 0 heterocycles. The van der Waals surface area contributed by atoms with Crippen LogP contribution in [0.4, 0.5) is 0 Å². The molecular formula is C18H20O3. The summed E-state index contributed by atoms with van der Waals surface area (Å²) in [6.07, 6.45) is 1.66. The second-order valence-corrected chi connectivity index (χ2v) is 5.12. The smallest absolute Gasteiger partial charge is 0.303 e. The van der Waals surface area contributed by atoms with E-state index in [1.54, 1.807) is 0 Å². The lowest BCUT2D eigenvalue weighted by Gasteiger charge is -2.11. The molecule has 0 amide bonds. The van der Waals surface area contributed by atoms with Gasteiger partial charge < -0.3 is 9.84 Å². The van der Waals surface area contributed by atoms with E-state index in [0.717, 1.165) is 28.9 Å². The van der Waals surface area contributed by atoms with Crippen LogP contribution < -0.4 is 4.74 Å². The maximum Gasteiger partial charge on any atom is 0.303 e. The maximum atomic E-state index is 10.5. The molecule has 21 heavy (non-hydrogen) atoms. The van der Waals surface area contributed by atoms with Crippen molar-refractivity contribution in [3.05, 3.63) is 65.2 Å². The fourth-order valence-corrected chi connectivity index (χ4v) is 2.21.